The number of rotatable bonds is 18. The molecule has 0 fully saturated rings. The van der Waals surface area contributed by atoms with Gasteiger partial charge >= 0.3 is 0 Å². The molecule has 33 heavy (non-hydrogen) atoms. The van der Waals surface area contributed by atoms with Crippen molar-refractivity contribution >= 4 is 9.84 Å². The summed E-state index contributed by atoms with van der Waals surface area (Å²) in [7, 11) is -3.51. The van der Waals surface area contributed by atoms with Crippen LogP contribution in [0.3, 0.4) is 0 Å². The minimum Gasteiger partial charge on any atom is -0.218 e. The number of hydrogen-bond donors (Lipinski definition) is 0. The van der Waals surface area contributed by atoms with Gasteiger partial charge in [0, 0.05) is 0 Å². The third-order valence-corrected chi connectivity index (χ3v) is 8.58. The van der Waals surface area contributed by atoms with Crippen LogP contribution in [0.1, 0.15) is 115 Å². The minimum absolute atomic E-state index is 0.503. The Balaban J connectivity index is 2.00. The second kappa shape index (κ2) is 16.1. The number of hydrogen-bond acceptors (Lipinski definition) is 2. The van der Waals surface area contributed by atoms with Gasteiger partial charge in [-0.25, -0.2) is 8.42 Å². The molecule has 2 nitrogen and oxygen atoms in total. The zero-order valence-electron chi connectivity index (χ0n) is 21.2. The summed E-state index contributed by atoms with van der Waals surface area (Å²) in [4.78, 5) is 1.01. The molecule has 0 radical (unpaired) electrons. The van der Waals surface area contributed by atoms with Crippen LogP contribution in [-0.4, -0.2) is 8.42 Å². The second-order valence-corrected chi connectivity index (χ2v) is 11.3. The molecule has 0 atom stereocenters. The Morgan fingerprint density at radius 1 is 0.485 bits per heavy atom. The van der Waals surface area contributed by atoms with Gasteiger partial charge in [0.15, 0.2) is 0 Å². The smallest absolute Gasteiger partial charge is 0.207 e. The van der Waals surface area contributed by atoms with Crippen molar-refractivity contribution in [2.24, 2.45) is 0 Å². The fourth-order valence-corrected chi connectivity index (χ4v) is 6.39. The molecule has 3 heteroatoms. The van der Waals surface area contributed by atoms with E-state index in [2.05, 4.69) is 13.8 Å². The SMILES string of the molecule is CCCCCCCCCc1ccccc1S(=O)(=O)c1ccccc1CCCCCCCCC. The maximum atomic E-state index is 13.7. The van der Waals surface area contributed by atoms with Gasteiger partial charge in [0.2, 0.25) is 9.84 Å². The molecule has 0 spiro atoms. The molecular formula is C30H46O2S. The van der Waals surface area contributed by atoms with Gasteiger partial charge in [0.1, 0.15) is 0 Å². The Morgan fingerprint density at radius 2 is 0.818 bits per heavy atom. The van der Waals surface area contributed by atoms with Gasteiger partial charge in [-0.2, -0.15) is 0 Å². The standard InChI is InChI=1S/C30H46O2S/c1-3-5-7-9-11-13-15-21-27-23-17-19-25-29(27)33(31,32)30-26-20-18-24-28(30)22-16-14-12-10-8-6-4-2/h17-20,23-26H,3-16,21-22H2,1-2H3. The van der Waals surface area contributed by atoms with Crippen LogP contribution < -0.4 is 0 Å². The molecule has 0 unspecified atom stereocenters. The first kappa shape index (κ1) is 27.6. The lowest BCUT2D eigenvalue weighted by Crippen LogP contribution is -2.09. The summed E-state index contributed by atoms with van der Waals surface area (Å²) in [6.45, 7) is 4.48. The molecule has 0 heterocycles. The van der Waals surface area contributed by atoms with E-state index in [1.165, 1.54) is 77.0 Å². The van der Waals surface area contributed by atoms with Crippen molar-refractivity contribution in [3.63, 3.8) is 0 Å². The molecule has 0 N–H and O–H groups in total. The molecule has 0 saturated heterocycles. The summed E-state index contributed by atoms with van der Waals surface area (Å²) >= 11 is 0. The van der Waals surface area contributed by atoms with E-state index in [1.807, 2.05) is 36.4 Å². The van der Waals surface area contributed by atoms with Gasteiger partial charge in [0.25, 0.3) is 0 Å². The van der Waals surface area contributed by atoms with Crippen LogP contribution >= 0.6 is 0 Å². The third kappa shape index (κ3) is 9.65. The van der Waals surface area contributed by atoms with Crippen molar-refractivity contribution < 1.29 is 8.42 Å². The highest BCUT2D eigenvalue weighted by Crippen LogP contribution is 2.29. The van der Waals surface area contributed by atoms with E-state index in [-0.39, 0.29) is 0 Å². The van der Waals surface area contributed by atoms with Gasteiger partial charge in [-0.1, -0.05) is 127 Å². The number of benzene rings is 2. The van der Waals surface area contributed by atoms with Gasteiger partial charge < -0.3 is 0 Å². The molecule has 0 aliphatic carbocycles. The molecule has 0 saturated carbocycles. The van der Waals surface area contributed by atoms with E-state index in [0.29, 0.717) is 9.79 Å². The molecule has 2 aromatic rings. The average molecular weight is 471 g/mol. The molecule has 0 aromatic heterocycles. The normalized spacial score (nSPS) is 11.7. The molecule has 2 aromatic carbocycles. The summed E-state index contributed by atoms with van der Waals surface area (Å²) in [6.07, 6.45) is 19.0. The Morgan fingerprint density at radius 3 is 1.21 bits per heavy atom. The van der Waals surface area contributed by atoms with Crippen molar-refractivity contribution in [1.82, 2.24) is 0 Å². The fourth-order valence-electron chi connectivity index (χ4n) is 4.61. The predicted octanol–water partition coefficient (Wildman–Crippen LogP) is 9.11. The van der Waals surface area contributed by atoms with Crippen molar-refractivity contribution in [3.05, 3.63) is 59.7 Å². The van der Waals surface area contributed by atoms with Crippen LogP contribution in [-0.2, 0) is 22.7 Å². The number of sulfone groups is 1. The largest absolute Gasteiger partial charge is 0.218 e. The van der Waals surface area contributed by atoms with Crippen molar-refractivity contribution in [1.29, 1.82) is 0 Å². The Kier molecular flexibility index (Phi) is 13.5. The van der Waals surface area contributed by atoms with E-state index >= 15 is 0 Å². The summed E-state index contributed by atoms with van der Waals surface area (Å²) in [5.74, 6) is 0. The van der Waals surface area contributed by atoms with E-state index in [4.69, 9.17) is 0 Å². The first-order chi connectivity index (χ1) is 16.1. The minimum atomic E-state index is -3.51. The molecule has 184 valence electrons. The topological polar surface area (TPSA) is 34.1 Å². The Bertz CT molecular complexity index is 818. The molecule has 0 amide bonds. The van der Waals surface area contributed by atoms with Crippen LogP contribution in [0.5, 0.6) is 0 Å². The Labute approximate surface area is 204 Å². The predicted molar refractivity (Wildman–Crippen MR) is 142 cm³/mol. The van der Waals surface area contributed by atoms with Crippen molar-refractivity contribution in [3.8, 4) is 0 Å². The van der Waals surface area contributed by atoms with Crippen LogP contribution in [0.4, 0.5) is 0 Å². The van der Waals surface area contributed by atoms with Crippen LogP contribution in [0, 0.1) is 0 Å². The summed E-state index contributed by atoms with van der Waals surface area (Å²) in [6, 6.07) is 15.3. The van der Waals surface area contributed by atoms with E-state index in [9.17, 15) is 8.42 Å². The van der Waals surface area contributed by atoms with Crippen molar-refractivity contribution in [2.75, 3.05) is 0 Å². The molecule has 0 aliphatic rings. The van der Waals surface area contributed by atoms with E-state index in [1.54, 1.807) is 12.1 Å². The molecular weight excluding hydrogens is 424 g/mol. The van der Waals surface area contributed by atoms with E-state index in [0.717, 1.165) is 36.8 Å². The number of unbranched alkanes of at least 4 members (excludes halogenated alkanes) is 12. The van der Waals surface area contributed by atoms with E-state index < -0.39 is 9.84 Å². The van der Waals surface area contributed by atoms with Crippen LogP contribution in [0.15, 0.2) is 58.3 Å². The maximum absolute atomic E-state index is 13.7. The second-order valence-electron chi connectivity index (χ2n) is 9.46. The highest BCUT2D eigenvalue weighted by molar-refractivity contribution is 7.91. The van der Waals surface area contributed by atoms with Gasteiger partial charge in [-0.15, -0.1) is 0 Å². The first-order valence-electron chi connectivity index (χ1n) is 13.5. The van der Waals surface area contributed by atoms with Crippen LogP contribution in [0.25, 0.3) is 0 Å². The highest BCUT2D eigenvalue weighted by atomic mass is 32.2. The van der Waals surface area contributed by atoms with Gasteiger partial charge in [-0.3, -0.25) is 0 Å². The lowest BCUT2D eigenvalue weighted by molar-refractivity contribution is 0.580. The Hall–Kier alpha value is -1.61. The zero-order valence-corrected chi connectivity index (χ0v) is 22.0. The summed E-state index contributed by atoms with van der Waals surface area (Å²) in [5, 5.41) is 0. The summed E-state index contributed by atoms with van der Waals surface area (Å²) < 4.78 is 27.4. The first-order valence-corrected chi connectivity index (χ1v) is 15.0. The lowest BCUT2D eigenvalue weighted by Gasteiger charge is -2.14. The quantitative estimate of drug-likeness (QED) is 0.204. The number of aryl methyl sites for hydroxylation is 2. The fraction of sp³-hybridized carbons (Fsp3) is 0.600. The summed E-state index contributed by atoms with van der Waals surface area (Å²) in [5.41, 5.74) is 1.94. The van der Waals surface area contributed by atoms with Gasteiger partial charge in [0.05, 0.1) is 9.79 Å². The molecule has 0 aliphatic heterocycles. The molecule has 2 rings (SSSR count). The maximum Gasteiger partial charge on any atom is 0.207 e. The lowest BCUT2D eigenvalue weighted by atomic mass is 10.0. The van der Waals surface area contributed by atoms with Crippen molar-refractivity contribution in [2.45, 2.75) is 126 Å². The monoisotopic (exact) mass is 470 g/mol. The van der Waals surface area contributed by atoms with Gasteiger partial charge in [-0.05, 0) is 48.9 Å². The highest BCUT2D eigenvalue weighted by Gasteiger charge is 2.23. The average Bonchev–Trinajstić information content (AvgIpc) is 2.83. The molecule has 0 bridgehead atoms. The zero-order chi connectivity index (χ0) is 23.8. The van der Waals surface area contributed by atoms with Crippen LogP contribution in [0.2, 0.25) is 0 Å². The third-order valence-electron chi connectivity index (χ3n) is 6.62.